The molecule has 0 aliphatic heterocycles. The number of hydrogen-bond donors (Lipinski definition) is 2. The summed E-state index contributed by atoms with van der Waals surface area (Å²) in [4.78, 5) is 21.7. The fraction of sp³-hybridized carbons (Fsp3) is 0.833. The second kappa shape index (κ2) is 8.06. The minimum atomic E-state index is -0.779. The van der Waals surface area contributed by atoms with Gasteiger partial charge in [-0.2, -0.15) is 0 Å². The van der Waals surface area contributed by atoms with Gasteiger partial charge < -0.3 is 15.2 Å². The zero-order valence-corrected chi connectivity index (χ0v) is 10.9. The van der Waals surface area contributed by atoms with E-state index in [0.29, 0.717) is 19.6 Å². The van der Waals surface area contributed by atoms with Gasteiger partial charge in [-0.05, 0) is 25.2 Å². The summed E-state index contributed by atoms with van der Waals surface area (Å²) in [6.07, 6.45) is 1.54. The Kier molecular flexibility index (Phi) is 7.54. The number of carboxylic acids is 1. The summed E-state index contributed by atoms with van der Waals surface area (Å²) < 4.78 is 4.97. The van der Waals surface area contributed by atoms with Crippen molar-refractivity contribution in [1.29, 1.82) is 0 Å². The molecule has 0 rings (SSSR count). The molecule has 0 aromatic heterocycles. The minimum absolute atomic E-state index is 0.0721. The van der Waals surface area contributed by atoms with Gasteiger partial charge in [-0.1, -0.05) is 13.8 Å². The van der Waals surface area contributed by atoms with Crippen molar-refractivity contribution in [2.45, 2.75) is 40.0 Å². The van der Waals surface area contributed by atoms with Crippen LogP contribution in [0.5, 0.6) is 0 Å². The monoisotopic (exact) mass is 245 g/mol. The van der Waals surface area contributed by atoms with Crippen molar-refractivity contribution in [2.24, 2.45) is 5.41 Å². The summed E-state index contributed by atoms with van der Waals surface area (Å²) >= 11 is 0. The number of carboxylic acid groups (broad SMARTS) is 1. The maximum Gasteiger partial charge on any atom is 0.303 e. The minimum Gasteiger partial charge on any atom is -0.481 e. The zero-order chi connectivity index (χ0) is 13.3. The highest BCUT2D eigenvalue weighted by Crippen LogP contribution is 2.25. The van der Waals surface area contributed by atoms with Crippen LogP contribution in [0.3, 0.4) is 0 Å². The summed E-state index contributed by atoms with van der Waals surface area (Å²) in [5.41, 5.74) is -0.0721. The second-order valence-corrected chi connectivity index (χ2v) is 4.80. The molecule has 17 heavy (non-hydrogen) atoms. The second-order valence-electron chi connectivity index (χ2n) is 4.80. The van der Waals surface area contributed by atoms with Gasteiger partial charge in [0.2, 0.25) is 5.91 Å². The highest BCUT2D eigenvalue weighted by Gasteiger charge is 2.19. The third-order valence-electron chi connectivity index (χ3n) is 2.58. The molecule has 1 amide bonds. The lowest BCUT2D eigenvalue weighted by Crippen LogP contribution is -2.31. The molecule has 0 aromatic carbocycles. The number of rotatable bonds is 9. The van der Waals surface area contributed by atoms with Gasteiger partial charge in [0.05, 0.1) is 0 Å². The van der Waals surface area contributed by atoms with Crippen molar-refractivity contribution in [1.82, 2.24) is 5.32 Å². The van der Waals surface area contributed by atoms with Crippen molar-refractivity contribution in [3.8, 4) is 0 Å². The predicted octanol–water partition coefficient (Wildman–Crippen LogP) is 1.42. The number of carbonyl (C=O) groups excluding carboxylic acids is 1. The van der Waals surface area contributed by atoms with Crippen LogP contribution < -0.4 is 5.32 Å². The van der Waals surface area contributed by atoms with Crippen molar-refractivity contribution in [3.63, 3.8) is 0 Å². The molecule has 2 N–H and O–H groups in total. The molecule has 0 spiro atoms. The van der Waals surface area contributed by atoms with Crippen molar-refractivity contribution in [3.05, 3.63) is 0 Å². The van der Waals surface area contributed by atoms with E-state index in [-0.39, 0.29) is 24.3 Å². The van der Waals surface area contributed by atoms with Crippen LogP contribution in [0.1, 0.15) is 40.0 Å². The fourth-order valence-electron chi connectivity index (χ4n) is 1.36. The van der Waals surface area contributed by atoms with Crippen LogP contribution in [0.15, 0.2) is 0 Å². The van der Waals surface area contributed by atoms with Crippen LogP contribution in [0.25, 0.3) is 0 Å². The van der Waals surface area contributed by atoms with Crippen molar-refractivity contribution < 1.29 is 19.4 Å². The number of carbonyl (C=O) groups is 2. The molecule has 100 valence electrons. The number of aliphatic carboxylic acids is 1. The van der Waals surface area contributed by atoms with Crippen molar-refractivity contribution in [2.75, 3.05) is 19.8 Å². The number of amides is 1. The third-order valence-corrected chi connectivity index (χ3v) is 2.58. The number of hydrogen-bond acceptors (Lipinski definition) is 3. The molecule has 5 nitrogen and oxygen atoms in total. The molecule has 0 unspecified atom stereocenters. The molecule has 0 atom stereocenters. The fourth-order valence-corrected chi connectivity index (χ4v) is 1.36. The molecule has 0 aliphatic rings. The van der Waals surface area contributed by atoms with Crippen molar-refractivity contribution >= 4 is 11.9 Å². The molecule has 0 radical (unpaired) electrons. The van der Waals surface area contributed by atoms with Crippen LogP contribution >= 0.6 is 0 Å². The summed E-state index contributed by atoms with van der Waals surface area (Å²) in [6.45, 7) is 7.01. The molecule has 0 fully saturated rings. The Morgan fingerprint density at radius 1 is 1.29 bits per heavy atom. The zero-order valence-electron chi connectivity index (χ0n) is 10.9. The lowest BCUT2D eigenvalue weighted by molar-refractivity contribution is -0.137. The van der Waals surface area contributed by atoms with Crippen LogP contribution in [0.2, 0.25) is 0 Å². The van der Waals surface area contributed by atoms with Gasteiger partial charge in [0, 0.05) is 19.6 Å². The van der Waals surface area contributed by atoms with E-state index in [1.165, 1.54) is 0 Å². The number of nitrogens with one attached hydrogen (secondary N) is 1. The quantitative estimate of drug-likeness (QED) is 0.644. The first-order valence-electron chi connectivity index (χ1n) is 5.93. The van der Waals surface area contributed by atoms with E-state index in [0.717, 1.165) is 6.42 Å². The van der Waals surface area contributed by atoms with Gasteiger partial charge in [-0.15, -0.1) is 0 Å². The number of ether oxygens (including phenoxy) is 1. The van der Waals surface area contributed by atoms with Gasteiger partial charge in [-0.25, -0.2) is 0 Å². The smallest absolute Gasteiger partial charge is 0.303 e. The molecular weight excluding hydrogens is 222 g/mol. The Balaban J connectivity index is 3.70. The van der Waals surface area contributed by atoms with E-state index >= 15 is 0 Å². The molecular formula is C12H23NO4. The van der Waals surface area contributed by atoms with Crippen LogP contribution in [0, 0.1) is 5.41 Å². The largest absolute Gasteiger partial charge is 0.481 e. The van der Waals surface area contributed by atoms with E-state index in [1.807, 2.05) is 20.8 Å². The molecule has 0 bridgehead atoms. The van der Waals surface area contributed by atoms with E-state index in [2.05, 4.69) is 5.32 Å². The Morgan fingerprint density at radius 3 is 2.47 bits per heavy atom. The average molecular weight is 245 g/mol. The first-order valence-corrected chi connectivity index (χ1v) is 5.93. The Labute approximate surface area is 103 Å². The van der Waals surface area contributed by atoms with Gasteiger partial charge in [0.25, 0.3) is 0 Å². The average Bonchev–Trinajstić information content (AvgIpc) is 2.23. The first-order chi connectivity index (χ1) is 7.87. The highest BCUT2D eigenvalue weighted by atomic mass is 16.5. The van der Waals surface area contributed by atoms with Crippen LogP contribution in [-0.2, 0) is 14.3 Å². The molecule has 0 saturated heterocycles. The Morgan fingerprint density at radius 2 is 1.94 bits per heavy atom. The lowest BCUT2D eigenvalue weighted by Gasteiger charge is -2.23. The summed E-state index contributed by atoms with van der Waals surface area (Å²) in [6, 6.07) is 0. The molecule has 5 heteroatoms. The molecule has 0 aliphatic carbocycles. The maximum atomic E-state index is 11.2. The summed E-state index contributed by atoms with van der Waals surface area (Å²) in [7, 11) is 0. The molecule has 0 aromatic rings. The Bertz CT molecular complexity index is 251. The van der Waals surface area contributed by atoms with E-state index in [9.17, 15) is 9.59 Å². The maximum absolute atomic E-state index is 11.2. The molecule has 0 heterocycles. The normalized spacial score (nSPS) is 11.2. The first kappa shape index (κ1) is 15.9. The summed E-state index contributed by atoms with van der Waals surface area (Å²) in [5.74, 6) is -0.903. The van der Waals surface area contributed by atoms with Crippen LogP contribution in [0.4, 0.5) is 0 Å². The highest BCUT2D eigenvalue weighted by molar-refractivity contribution is 5.77. The molecule has 0 saturated carbocycles. The third kappa shape index (κ3) is 9.81. The summed E-state index contributed by atoms with van der Waals surface area (Å²) in [5, 5.41) is 11.4. The SMILES string of the molecule is CCOCC(=O)NCCC(C)(C)CCC(=O)O. The van der Waals surface area contributed by atoms with Gasteiger partial charge in [-0.3, -0.25) is 9.59 Å². The Hall–Kier alpha value is -1.10. The lowest BCUT2D eigenvalue weighted by atomic mass is 9.84. The predicted molar refractivity (Wildman–Crippen MR) is 64.8 cm³/mol. The van der Waals surface area contributed by atoms with E-state index in [1.54, 1.807) is 0 Å². The van der Waals surface area contributed by atoms with Gasteiger partial charge in [0.1, 0.15) is 6.61 Å². The van der Waals surface area contributed by atoms with E-state index < -0.39 is 5.97 Å². The van der Waals surface area contributed by atoms with Crippen LogP contribution in [-0.4, -0.2) is 36.7 Å². The standard InChI is InChI=1S/C12H23NO4/c1-4-17-9-10(14)13-8-7-12(2,3)6-5-11(15)16/h4-9H2,1-3H3,(H,13,14)(H,15,16). The van der Waals surface area contributed by atoms with E-state index in [4.69, 9.17) is 9.84 Å². The topological polar surface area (TPSA) is 75.6 Å². The van der Waals surface area contributed by atoms with Gasteiger partial charge in [0.15, 0.2) is 0 Å². The van der Waals surface area contributed by atoms with Gasteiger partial charge >= 0.3 is 5.97 Å².